The second-order valence-corrected chi connectivity index (χ2v) is 20.2. The molecule has 0 saturated heterocycles. The number of ether oxygens (including phenoxy) is 3. The second-order valence-electron chi connectivity index (χ2n) is 20.2. The van der Waals surface area contributed by atoms with Crippen LogP contribution in [0.3, 0.4) is 0 Å². The third-order valence-electron chi connectivity index (χ3n) is 12.9. The fourth-order valence-corrected chi connectivity index (χ4v) is 8.30. The normalized spacial score (nSPS) is 13.0. The molecule has 0 heterocycles. The largest absolute Gasteiger partial charge is 0.462 e. The van der Waals surface area contributed by atoms with E-state index in [1.54, 1.807) is 0 Å². The average Bonchev–Trinajstić information content (AvgIpc) is 3.42. The molecular formula is C70H114O6. The Morgan fingerprint density at radius 1 is 0.276 bits per heavy atom. The molecule has 430 valence electrons. The Morgan fingerprint density at radius 3 is 0.816 bits per heavy atom. The summed E-state index contributed by atoms with van der Waals surface area (Å²) in [5.41, 5.74) is 0. The summed E-state index contributed by atoms with van der Waals surface area (Å²) >= 11 is 0. The van der Waals surface area contributed by atoms with Crippen molar-refractivity contribution in [3.05, 3.63) is 134 Å². The van der Waals surface area contributed by atoms with E-state index >= 15 is 0 Å². The van der Waals surface area contributed by atoms with Gasteiger partial charge in [-0.15, -0.1) is 0 Å². The molecule has 0 radical (unpaired) electrons. The van der Waals surface area contributed by atoms with Crippen molar-refractivity contribution in [3.8, 4) is 0 Å². The lowest BCUT2D eigenvalue weighted by Crippen LogP contribution is -2.30. The summed E-state index contributed by atoms with van der Waals surface area (Å²) in [4.78, 5) is 38.2. The molecule has 0 aromatic carbocycles. The zero-order valence-corrected chi connectivity index (χ0v) is 49.2. The van der Waals surface area contributed by atoms with Gasteiger partial charge in [-0.1, -0.05) is 270 Å². The molecule has 1 unspecified atom stereocenters. The predicted molar refractivity (Wildman–Crippen MR) is 329 cm³/mol. The Balaban J connectivity index is 4.39. The van der Waals surface area contributed by atoms with Crippen molar-refractivity contribution in [1.29, 1.82) is 0 Å². The molecule has 0 aliphatic carbocycles. The molecule has 0 aromatic heterocycles. The number of allylic oxidation sites excluding steroid dienone is 22. The first-order valence-corrected chi connectivity index (χ1v) is 31.2. The molecule has 0 bridgehead atoms. The summed E-state index contributed by atoms with van der Waals surface area (Å²) in [6.45, 7) is 6.37. The molecule has 6 nitrogen and oxygen atoms in total. The van der Waals surface area contributed by atoms with Gasteiger partial charge in [0.05, 0.1) is 0 Å². The van der Waals surface area contributed by atoms with Crippen molar-refractivity contribution in [2.45, 2.75) is 277 Å². The van der Waals surface area contributed by atoms with Crippen LogP contribution in [0.4, 0.5) is 0 Å². The van der Waals surface area contributed by atoms with Crippen LogP contribution in [-0.4, -0.2) is 37.2 Å². The van der Waals surface area contributed by atoms with E-state index in [0.717, 1.165) is 148 Å². The summed E-state index contributed by atoms with van der Waals surface area (Å²) in [5.74, 6) is -0.952. The van der Waals surface area contributed by atoms with E-state index in [0.29, 0.717) is 19.3 Å². The van der Waals surface area contributed by atoms with Crippen LogP contribution in [-0.2, 0) is 28.6 Å². The van der Waals surface area contributed by atoms with Gasteiger partial charge < -0.3 is 14.2 Å². The minimum atomic E-state index is -0.804. The zero-order valence-electron chi connectivity index (χ0n) is 49.2. The van der Waals surface area contributed by atoms with Crippen LogP contribution in [0.2, 0.25) is 0 Å². The van der Waals surface area contributed by atoms with Crippen LogP contribution in [0.5, 0.6) is 0 Å². The summed E-state index contributed by atoms with van der Waals surface area (Å²) < 4.78 is 16.8. The molecule has 0 N–H and O–H groups in total. The topological polar surface area (TPSA) is 78.9 Å². The highest BCUT2D eigenvalue weighted by Crippen LogP contribution is 2.15. The average molecular weight is 1050 g/mol. The Morgan fingerprint density at radius 2 is 0.513 bits per heavy atom. The highest BCUT2D eigenvalue weighted by Gasteiger charge is 2.19. The van der Waals surface area contributed by atoms with E-state index < -0.39 is 6.10 Å². The van der Waals surface area contributed by atoms with Crippen molar-refractivity contribution in [2.24, 2.45) is 0 Å². The summed E-state index contributed by atoms with van der Waals surface area (Å²) in [5, 5.41) is 0. The molecule has 0 fully saturated rings. The standard InChI is InChI=1S/C70H114O6/c1-4-7-10-13-16-19-22-25-27-29-30-31-32-33-34-35-36-37-38-39-40-41-43-45-48-51-54-57-60-63-69(72)75-66-67(65-74-68(71)62-59-56-53-50-47-44-24-21-18-15-12-9-6-3)76-70(73)64-61-58-55-52-49-46-42-28-26-23-20-17-14-11-8-5-2/h7,9-10,12,16,18-19,21,25,27,30-31,33-34,36-37,39-40,43-45,47,67H,4-6,8,11,13-15,17,20,22-24,26,28-29,32,35,38,41-42,46,48-66H2,1-3H3/b10-7-,12-9-,19-16-,21-18-,27-25-,31-30-,34-33-,37-36-,40-39-,45-43-,47-44-. The number of carbonyl (C=O) groups is 3. The van der Waals surface area contributed by atoms with Gasteiger partial charge in [0.25, 0.3) is 0 Å². The number of hydrogen-bond donors (Lipinski definition) is 0. The molecule has 0 spiro atoms. The molecule has 1 atom stereocenters. The molecule has 0 amide bonds. The minimum Gasteiger partial charge on any atom is -0.462 e. The van der Waals surface area contributed by atoms with Crippen molar-refractivity contribution in [1.82, 2.24) is 0 Å². The van der Waals surface area contributed by atoms with Crippen LogP contribution < -0.4 is 0 Å². The van der Waals surface area contributed by atoms with Crippen LogP contribution in [0, 0.1) is 0 Å². The van der Waals surface area contributed by atoms with Crippen LogP contribution in [0.25, 0.3) is 0 Å². The lowest BCUT2D eigenvalue weighted by molar-refractivity contribution is -0.167. The van der Waals surface area contributed by atoms with Crippen molar-refractivity contribution >= 4 is 17.9 Å². The first kappa shape index (κ1) is 71.5. The number of rotatable bonds is 55. The van der Waals surface area contributed by atoms with Crippen LogP contribution in [0.15, 0.2) is 134 Å². The minimum absolute atomic E-state index is 0.103. The third-order valence-corrected chi connectivity index (χ3v) is 12.9. The molecular weight excluding hydrogens is 937 g/mol. The number of esters is 3. The number of hydrogen-bond acceptors (Lipinski definition) is 6. The van der Waals surface area contributed by atoms with Crippen molar-refractivity contribution < 1.29 is 28.6 Å². The van der Waals surface area contributed by atoms with Gasteiger partial charge in [-0.25, -0.2) is 0 Å². The van der Waals surface area contributed by atoms with E-state index in [1.807, 2.05) is 0 Å². The highest BCUT2D eigenvalue weighted by atomic mass is 16.6. The Bertz CT molecular complexity index is 1630. The predicted octanol–water partition coefficient (Wildman–Crippen LogP) is 21.4. The Kier molecular flexibility index (Phi) is 59.4. The van der Waals surface area contributed by atoms with E-state index in [2.05, 4.69) is 154 Å². The monoisotopic (exact) mass is 1050 g/mol. The van der Waals surface area contributed by atoms with Gasteiger partial charge in [0.1, 0.15) is 13.2 Å². The van der Waals surface area contributed by atoms with E-state index in [-0.39, 0.29) is 31.1 Å². The van der Waals surface area contributed by atoms with Gasteiger partial charge in [-0.3, -0.25) is 14.4 Å². The van der Waals surface area contributed by atoms with Gasteiger partial charge in [0.2, 0.25) is 0 Å². The van der Waals surface area contributed by atoms with Crippen molar-refractivity contribution in [2.75, 3.05) is 13.2 Å². The molecule has 0 aliphatic rings. The summed E-state index contributed by atoms with van der Waals surface area (Å²) in [7, 11) is 0. The molecule has 0 aromatic rings. The van der Waals surface area contributed by atoms with Crippen LogP contribution in [0.1, 0.15) is 271 Å². The smallest absolute Gasteiger partial charge is 0.306 e. The molecule has 0 saturated carbocycles. The fourth-order valence-electron chi connectivity index (χ4n) is 8.30. The summed E-state index contributed by atoms with van der Waals surface area (Å²) in [6, 6.07) is 0. The molecule has 0 aliphatic heterocycles. The molecule has 0 rings (SSSR count). The lowest BCUT2D eigenvalue weighted by atomic mass is 10.0. The first-order valence-electron chi connectivity index (χ1n) is 31.2. The van der Waals surface area contributed by atoms with E-state index in [4.69, 9.17) is 14.2 Å². The van der Waals surface area contributed by atoms with Gasteiger partial charge in [0.15, 0.2) is 6.10 Å². The number of unbranched alkanes of at least 4 members (excludes halogenated alkanes) is 22. The molecule has 6 heteroatoms. The van der Waals surface area contributed by atoms with E-state index in [1.165, 1.54) is 83.5 Å². The SMILES string of the molecule is CC/C=C\C/C=C\C/C=C\C/C=C\C/C=C\C/C=C\C/C=C\C/C=C\CCCCCCC(=O)OCC(COC(=O)CCCCC/C=C\C/C=C\C/C=C\CC)OC(=O)CCCCCCCCCCCCCCCCCC. The van der Waals surface area contributed by atoms with Gasteiger partial charge in [0, 0.05) is 19.3 Å². The zero-order chi connectivity index (χ0) is 55.0. The number of carbonyl (C=O) groups excluding carboxylic acids is 3. The van der Waals surface area contributed by atoms with Crippen LogP contribution >= 0.6 is 0 Å². The van der Waals surface area contributed by atoms with E-state index in [9.17, 15) is 14.4 Å². The van der Waals surface area contributed by atoms with Crippen molar-refractivity contribution in [3.63, 3.8) is 0 Å². The van der Waals surface area contributed by atoms with Gasteiger partial charge >= 0.3 is 17.9 Å². The maximum Gasteiger partial charge on any atom is 0.306 e. The van der Waals surface area contributed by atoms with Gasteiger partial charge in [-0.05, 0) is 116 Å². The fraction of sp³-hybridized carbons (Fsp3) is 0.643. The maximum absolute atomic E-state index is 12.9. The molecule has 76 heavy (non-hydrogen) atoms. The maximum atomic E-state index is 12.9. The first-order chi connectivity index (χ1) is 37.5. The van der Waals surface area contributed by atoms with Gasteiger partial charge in [-0.2, -0.15) is 0 Å². The third kappa shape index (κ3) is 60.4. The second kappa shape index (κ2) is 63.1. The summed E-state index contributed by atoms with van der Waals surface area (Å²) in [6.07, 6.45) is 88.8. The Hall–Kier alpha value is -4.45. The lowest BCUT2D eigenvalue weighted by Gasteiger charge is -2.18. The Labute approximate surface area is 468 Å². The highest BCUT2D eigenvalue weighted by molar-refractivity contribution is 5.71. The quantitative estimate of drug-likeness (QED) is 0.0261.